The minimum absolute atomic E-state index is 0.105. The van der Waals surface area contributed by atoms with Crippen molar-refractivity contribution in [2.45, 2.75) is 31.5 Å². The van der Waals surface area contributed by atoms with Gasteiger partial charge in [0.1, 0.15) is 17.6 Å². The molecule has 1 atom stereocenters. The minimum atomic E-state index is -0.291. The summed E-state index contributed by atoms with van der Waals surface area (Å²) >= 11 is 1.18. The van der Waals surface area contributed by atoms with Gasteiger partial charge in [0.15, 0.2) is 0 Å². The zero-order chi connectivity index (χ0) is 22.1. The quantitative estimate of drug-likeness (QED) is 0.382. The third-order valence-electron chi connectivity index (χ3n) is 5.24. The van der Waals surface area contributed by atoms with Gasteiger partial charge in [-0.15, -0.1) is 10.2 Å². The van der Waals surface area contributed by atoms with E-state index in [1.54, 1.807) is 18.6 Å². The van der Waals surface area contributed by atoms with Gasteiger partial charge in [-0.3, -0.25) is 4.79 Å². The molecule has 8 nitrogen and oxygen atoms in total. The maximum atomic E-state index is 13.1. The summed E-state index contributed by atoms with van der Waals surface area (Å²) in [5, 5.41) is 14.5. The Morgan fingerprint density at radius 3 is 2.66 bits per heavy atom. The lowest BCUT2D eigenvalue weighted by Crippen LogP contribution is -2.28. The summed E-state index contributed by atoms with van der Waals surface area (Å²) < 4.78 is 16.5. The molecule has 0 unspecified atom stereocenters. The van der Waals surface area contributed by atoms with Crippen molar-refractivity contribution >= 4 is 23.4 Å². The Bertz CT molecular complexity index is 1260. The molecule has 1 aromatic carbocycles. The molecule has 3 aromatic heterocycles. The maximum Gasteiger partial charge on any atom is 0.277 e. The molecule has 0 aliphatic carbocycles. The Morgan fingerprint density at radius 2 is 1.94 bits per heavy atom. The maximum absolute atomic E-state index is 13.1. The second kappa shape index (κ2) is 8.51. The Hall–Kier alpha value is -3.59. The molecule has 1 aliphatic heterocycles. The van der Waals surface area contributed by atoms with Crippen LogP contribution in [0.15, 0.2) is 78.6 Å². The number of hydrogen-bond acceptors (Lipinski definition) is 8. The summed E-state index contributed by atoms with van der Waals surface area (Å²) in [6.45, 7) is 3.86. The molecule has 162 valence electrons. The van der Waals surface area contributed by atoms with Crippen LogP contribution < -0.4 is 0 Å². The molecule has 1 aliphatic rings. The first kappa shape index (κ1) is 20.3. The lowest BCUT2D eigenvalue weighted by molar-refractivity contribution is -0.130. The fraction of sp³-hybridized carbons (Fsp3) is 0.217. The highest BCUT2D eigenvalue weighted by molar-refractivity contribution is 7.99. The number of aryl methyl sites for hydroxylation is 2. The third kappa shape index (κ3) is 3.99. The third-order valence-corrected chi connectivity index (χ3v) is 6.04. The van der Waals surface area contributed by atoms with Crippen LogP contribution in [0, 0.1) is 13.8 Å². The number of furan rings is 2. The van der Waals surface area contributed by atoms with Crippen molar-refractivity contribution in [3.05, 3.63) is 77.6 Å². The van der Waals surface area contributed by atoms with Crippen LogP contribution in [-0.4, -0.2) is 32.6 Å². The average molecular weight is 449 g/mol. The van der Waals surface area contributed by atoms with Crippen LogP contribution in [0.3, 0.4) is 0 Å². The Balaban J connectivity index is 1.33. The van der Waals surface area contributed by atoms with Gasteiger partial charge in [-0.1, -0.05) is 41.6 Å². The average Bonchev–Trinajstić information content (AvgIpc) is 3.59. The molecular formula is C23H20N4O4S. The highest BCUT2D eigenvalue weighted by atomic mass is 32.2. The van der Waals surface area contributed by atoms with Gasteiger partial charge in [-0.05, 0) is 37.6 Å². The normalized spacial score (nSPS) is 15.9. The predicted molar refractivity (Wildman–Crippen MR) is 118 cm³/mol. The van der Waals surface area contributed by atoms with Crippen molar-refractivity contribution in [2.24, 2.45) is 5.10 Å². The van der Waals surface area contributed by atoms with E-state index >= 15 is 0 Å². The molecule has 0 bridgehead atoms. The van der Waals surface area contributed by atoms with Gasteiger partial charge in [0.05, 0.1) is 29.6 Å². The molecule has 0 saturated heterocycles. The van der Waals surface area contributed by atoms with E-state index in [1.807, 2.05) is 50.2 Å². The number of benzene rings is 1. The number of thioether (sulfide) groups is 1. The zero-order valence-corrected chi connectivity index (χ0v) is 18.3. The van der Waals surface area contributed by atoms with Crippen molar-refractivity contribution in [3.63, 3.8) is 0 Å². The first-order valence-electron chi connectivity index (χ1n) is 10.1. The topological polar surface area (TPSA) is 97.9 Å². The van der Waals surface area contributed by atoms with E-state index in [9.17, 15) is 4.79 Å². The SMILES string of the molecule is Cc1ccc(C2=NN(C(=O)CSc3nnc(-c4ccoc4C)o3)[C@H](c3ccco3)C2)cc1. The van der Waals surface area contributed by atoms with E-state index in [0.717, 1.165) is 16.8 Å². The van der Waals surface area contributed by atoms with Crippen LogP contribution in [0.4, 0.5) is 0 Å². The van der Waals surface area contributed by atoms with Gasteiger partial charge < -0.3 is 13.3 Å². The summed E-state index contributed by atoms with van der Waals surface area (Å²) in [4.78, 5) is 13.1. The molecular weight excluding hydrogens is 428 g/mol. The van der Waals surface area contributed by atoms with E-state index in [2.05, 4.69) is 15.3 Å². The van der Waals surface area contributed by atoms with Crippen molar-refractivity contribution < 1.29 is 18.0 Å². The molecule has 0 fully saturated rings. The second-order valence-electron chi connectivity index (χ2n) is 7.44. The molecule has 4 heterocycles. The number of aromatic nitrogens is 2. The first-order valence-corrected chi connectivity index (χ1v) is 11.1. The van der Waals surface area contributed by atoms with Gasteiger partial charge in [0.25, 0.3) is 17.0 Å². The van der Waals surface area contributed by atoms with Gasteiger partial charge in [0.2, 0.25) is 0 Å². The number of carbonyl (C=O) groups excluding carboxylic acids is 1. The van der Waals surface area contributed by atoms with Crippen LogP contribution in [0.25, 0.3) is 11.5 Å². The molecule has 32 heavy (non-hydrogen) atoms. The largest absolute Gasteiger partial charge is 0.469 e. The number of hydrogen-bond donors (Lipinski definition) is 0. The van der Waals surface area contributed by atoms with Gasteiger partial charge >= 0.3 is 0 Å². The highest BCUT2D eigenvalue weighted by Gasteiger charge is 2.35. The van der Waals surface area contributed by atoms with E-state index in [1.165, 1.54) is 22.3 Å². The zero-order valence-electron chi connectivity index (χ0n) is 17.5. The van der Waals surface area contributed by atoms with Crippen molar-refractivity contribution in [2.75, 3.05) is 5.75 Å². The fourth-order valence-corrected chi connectivity index (χ4v) is 4.15. The molecule has 0 saturated carbocycles. The molecule has 1 amide bonds. The van der Waals surface area contributed by atoms with Gasteiger partial charge in [-0.2, -0.15) is 5.10 Å². The van der Waals surface area contributed by atoms with Crippen molar-refractivity contribution in [1.29, 1.82) is 0 Å². The Morgan fingerprint density at radius 1 is 1.09 bits per heavy atom. The highest BCUT2D eigenvalue weighted by Crippen LogP contribution is 2.34. The molecule has 0 N–H and O–H groups in total. The first-order chi connectivity index (χ1) is 15.6. The Labute approximate surface area is 188 Å². The van der Waals surface area contributed by atoms with Crippen LogP contribution in [0.5, 0.6) is 0 Å². The van der Waals surface area contributed by atoms with E-state index in [4.69, 9.17) is 13.3 Å². The standard InChI is InChI=1S/C23H20N4O4S/c1-14-5-7-16(8-6-14)18-12-19(20-4-3-10-30-20)27(26-18)21(28)13-32-23-25-24-22(31-23)17-9-11-29-15(17)2/h3-11,19H,12-13H2,1-2H3/t19-/m0/s1. The van der Waals surface area contributed by atoms with Crippen LogP contribution in [0.2, 0.25) is 0 Å². The molecule has 5 rings (SSSR count). The van der Waals surface area contributed by atoms with E-state index in [-0.39, 0.29) is 17.7 Å². The minimum Gasteiger partial charge on any atom is -0.469 e. The monoisotopic (exact) mass is 448 g/mol. The van der Waals surface area contributed by atoms with E-state index < -0.39 is 0 Å². The lowest BCUT2D eigenvalue weighted by Gasteiger charge is -2.19. The summed E-state index contributed by atoms with van der Waals surface area (Å²) in [7, 11) is 0. The number of nitrogens with zero attached hydrogens (tertiary/aromatic N) is 4. The summed E-state index contributed by atoms with van der Waals surface area (Å²) in [6.07, 6.45) is 3.75. The molecule has 0 radical (unpaired) electrons. The molecule has 0 spiro atoms. The predicted octanol–water partition coefficient (Wildman–Crippen LogP) is 5.01. The lowest BCUT2D eigenvalue weighted by atomic mass is 10.0. The number of rotatable bonds is 6. The second-order valence-corrected chi connectivity index (χ2v) is 8.37. The van der Waals surface area contributed by atoms with Crippen LogP contribution in [-0.2, 0) is 4.79 Å². The Kier molecular flexibility index (Phi) is 5.40. The van der Waals surface area contributed by atoms with Crippen molar-refractivity contribution in [3.8, 4) is 11.5 Å². The number of carbonyl (C=O) groups is 1. The summed E-state index contributed by atoms with van der Waals surface area (Å²) in [5.74, 6) is 1.69. The van der Waals surface area contributed by atoms with Gasteiger partial charge in [0, 0.05) is 6.42 Å². The molecule has 4 aromatic rings. The number of hydrazone groups is 1. The van der Waals surface area contributed by atoms with Gasteiger partial charge in [-0.25, -0.2) is 5.01 Å². The smallest absolute Gasteiger partial charge is 0.277 e. The summed E-state index contributed by atoms with van der Waals surface area (Å²) in [6, 6.07) is 13.3. The summed E-state index contributed by atoms with van der Waals surface area (Å²) in [5.41, 5.74) is 3.75. The van der Waals surface area contributed by atoms with E-state index in [0.29, 0.717) is 29.1 Å². The number of amides is 1. The van der Waals surface area contributed by atoms with Crippen LogP contribution >= 0.6 is 11.8 Å². The fourth-order valence-electron chi connectivity index (χ4n) is 3.54. The van der Waals surface area contributed by atoms with Crippen molar-refractivity contribution in [1.82, 2.24) is 15.2 Å². The van der Waals surface area contributed by atoms with Crippen LogP contribution in [0.1, 0.15) is 35.1 Å². The molecule has 9 heteroatoms.